The quantitative estimate of drug-likeness (QED) is 0.368. The smallest absolute Gasteiger partial charge is 0.408 e. The molecule has 0 saturated heterocycles. The third-order valence-corrected chi connectivity index (χ3v) is 6.62. The molecule has 1 aliphatic carbocycles. The van der Waals surface area contributed by atoms with Crippen LogP contribution in [0.4, 0.5) is 15.3 Å². The third kappa shape index (κ3) is 8.33. The number of amides is 3. The summed E-state index contributed by atoms with van der Waals surface area (Å²) in [6, 6.07) is 25.8. The van der Waals surface area contributed by atoms with Gasteiger partial charge >= 0.3 is 12.2 Å². The minimum absolute atomic E-state index is 0.0291. The van der Waals surface area contributed by atoms with Gasteiger partial charge in [-0.2, -0.15) is 0 Å². The fourth-order valence-corrected chi connectivity index (χ4v) is 4.44. The van der Waals surface area contributed by atoms with Crippen molar-refractivity contribution in [3.8, 4) is 0 Å². The highest BCUT2D eigenvalue weighted by Gasteiger charge is 2.40. The maximum Gasteiger partial charge on any atom is 0.408 e. The third-order valence-electron chi connectivity index (χ3n) is 6.62. The van der Waals surface area contributed by atoms with Crippen LogP contribution in [-0.2, 0) is 27.3 Å². The molecule has 0 spiro atoms. The molecule has 8 heteroatoms. The van der Waals surface area contributed by atoms with Crippen molar-refractivity contribution < 1.29 is 23.9 Å². The number of carbonyl (C=O) groups is 3. The Kier molecular flexibility index (Phi) is 9.09. The monoisotopic (exact) mass is 543 g/mol. The average Bonchev–Trinajstić information content (AvgIpc) is 3.69. The van der Waals surface area contributed by atoms with Gasteiger partial charge < -0.3 is 25.0 Å². The van der Waals surface area contributed by atoms with Crippen LogP contribution in [0.5, 0.6) is 0 Å². The van der Waals surface area contributed by atoms with E-state index in [0.717, 1.165) is 23.1 Å². The predicted octanol–water partition coefficient (Wildman–Crippen LogP) is 5.57. The summed E-state index contributed by atoms with van der Waals surface area (Å²) < 4.78 is 10.7. The van der Waals surface area contributed by atoms with Crippen molar-refractivity contribution in [1.29, 1.82) is 0 Å². The zero-order valence-corrected chi connectivity index (χ0v) is 23.4. The van der Waals surface area contributed by atoms with Crippen LogP contribution in [0.2, 0.25) is 0 Å². The molecule has 3 atom stereocenters. The molecule has 0 aliphatic heterocycles. The van der Waals surface area contributed by atoms with Crippen molar-refractivity contribution >= 4 is 23.8 Å². The number of nitrogens with one attached hydrogen (secondary N) is 2. The number of likely N-dealkylation sites (N-methyl/N-ethyl adjacent to an activating group) is 1. The molecule has 0 bridgehead atoms. The first kappa shape index (κ1) is 28.7. The van der Waals surface area contributed by atoms with Gasteiger partial charge in [0.2, 0.25) is 5.91 Å². The first-order chi connectivity index (χ1) is 19.1. The Balaban J connectivity index is 1.38. The van der Waals surface area contributed by atoms with Gasteiger partial charge in [-0.05, 0) is 56.0 Å². The zero-order chi connectivity index (χ0) is 28.7. The van der Waals surface area contributed by atoms with E-state index in [4.69, 9.17) is 9.47 Å². The van der Waals surface area contributed by atoms with Gasteiger partial charge in [0.25, 0.3) is 0 Å². The van der Waals surface area contributed by atoms with E-state index in [1.807, 2.05) is 106 Å². The number of hydrogen-bond acceptors (Lipinski definition) is 5. The van der Waals surface area contributed by atoms with Crippen LogP contribution in [0.3, 0.4) is 0 Å². The van der Waals surface area contributed by atoms with E-state index in [2.05, 4.69) is 10.6 Å². The minimum atomic E-state index is -0.818. The summed E-state index contributed by atoms with van der Waals surface area (Å²) in [7, 11) is 1.69. The van der Waals surface area contributed by atoms with Crippen LogP contribution in [0.1, 0.15) is 49.8 Å². The lowest BCUT2D eigenvalue weighted by molar-refractivity contribution is -0.120. The maximum atomic E-state index is 13.6. The van der Waals surface area contributed by atoms with Gasteiger partial charge in [0.1, 0.15) is 18.2 Å². The number of anilines is 1. The molecule has 3 aromatic carbocycles. The Bertz CT molecular complexity index is 1290. The molecular weight excluding hydrogens is 506 g/mol. The number of ether oxygens (including phenoxy) is 2. The highest BCUT2D eigenvalue weighted by molar-refractivity contribution is 5.98. The number of rotatable bonds is 9. The molecule has 1 aliphatic rings. The van der Waals surface area contributed by atoms with Crippen molar-refractivity contribution in [2.24, 2.45) is 0 Å². The van der Waals surface area contributed by atoms with Crippen LogP contribution < -0.4 is 15.5 Å². The second kappa shape index (κ2) is 12.7. The van der Waals surface area contributed by atoms with Crippen molar-refractivity contribution in [3.05, 3.63) is 102 Å². The normalized spacial score (nSPS) is 16.8. The topological polar surface area (TPSA) is 97.0 Å². The second-order valence-electron chi connectivity index (χ2n) is 11.0. The van der Waals surface area contributed by atoms with Crippen molar-refractivity contribution in [1.82, 2.24) is 10.6 Å². The highest BCUT2D eigenvalue weighted by atomic mass is 16.6. The molecule has 40 heavy (non-hydrogen) atoms. The first-order valence-corrected chi connectivity index (χ1v) is 13.5. The Labute approximate surface area is 235 Å². The standard InChI is InChI=1S/C32H37N3O5/c1-32(2,3)40-31(38)33-27-20-26(27)24-15-17-25(18-16-24)35(4)29(36)28(19-22-11-7-5-8-12-22)34-30(37)39-21-23-13-9-6-10-14-23/h5-18,26-28H,19-21H2,1-4H3,(H,33,38)(H,34,37). The molecule has 2 N–H and O–H groups in total. The Morgan fingerprint density at radius 1 is 0.875 bits per heavy atom. The summed E-state index contributed by atoms with van der Waals surface area (Å²) in [5.41, 5.74) is 3.02. The molecule has 3 unspecified atom stereocenters. The Hall–Kier alpha value is -4.33. The zero-order valence-electron chi connectivity index (χ0n) is 23.4. The highest BCUT2D eigenvalue weighted by Crippen LogP contribution is 2.41. The molecule has 3 amide bonds. The second-order valence-corrected chi connectivity index (χ2v) is 11.0. The molecule has 0 radical (unpaired) electrons. The Morgan fingerprint density at radius 2 is 1.48 bits per heavy atom. The molecule has 8 nitrogen and oxygen atoms in total. The lowest BCUT2D eigenvalue weighted by Gasteiger charge is -2.25. The minimum Gasteiger partial charge on any atom is -0.445 e. The Morgan fingerprint density at radius 3 is 2.08 bits per heavy atom. The number of hydrogen-bond donors (Lipinski definition) is 2. The number of benzene rings is 3. The number of nitrogens with zero attached hydrogens (tertiary/aromatic N) is 1. The lowest BCUT2D eigenvalue weighted by Crippen LogP contribution is -2.49. The summed E-state index contributed by atoms with van der Waals surface area (Å²) >= 11 is 0. The van der Waals surface area contributed by atoms with Crippen LogP contribution in [0.25, 0.3) is 0 Å². The fourth-order valence-electron chi connectivity index (χ4n) is 4.44. The predicted molar refractivity (Wildman–Crippen MR) is 154 cm³/mol. The van der Waals surface area contributed by atoms with Gasteiger partial charge in [-0.3, -0.25) is 4.79 Å². The van der Waals surface area contributed by atoms with Gasteiger partial charge in [0.15, 0.2) is 0 Å². The summed E-state index contributed by atoms with van der Waals surface area (Å²) in [5.74, 6) is -0.0568. The molecule has 210 valence electrons. The summed E-state index contributed by atoms with van der Waals surface area (Å²) in [4.78, 5) is 39.8. The SMILES string of the molecule is CN(C(=O)C(Cc1ccccc1)NC(=O)OCc1ccccc1)c1ccc(C2CC2NC(=O)OC(C)(C)C)cc1. The van der Waals surface area contributed by atoms with E-state index < -0.39 is 23.8 Å². The van der Waals surface area contributed by atoms with Crippen LogP contribution >= 0.6 is 0 Å². The average molecular weight is 544 g/mol. The summed E-state index contributed by atoms with van der Waals surface area (Å²) in [5, 5.41) is 5.68. The van der Waals surface area contributed by atoms with E-state index in [0.29, 0.717) is 12.1 Å². The van der Waals surface area contributed by atoms with Crippen LogP contribution in [0.15, 0.2) is 84.9 Å². The van der Waals surface area contributed by atoms with Crippen LogP contribution in [0, 0.1) is 0 Å². The van der Waals surface area contributed by atoms with E-state index in [1.165, 1.54) is 4.90 Å². The molecular formula is C32H37N3O5. The molecule has 1 fully saturated rings. The van der Waals surface area contributed by atoms with E-state index in [-0.39, 0.29) is 24.5 Å². The van der Waals surface area contributed by atoms with E-state index >= 15 is 0 Å². The van der Waals surface area contributed by atoms with Crippen molar-refractivity contribution in [2.75, 3.05) is 11.9 Å². The van der Waals surface area contributed by atoms with Gasteiger partial charge in [-0.25, -0.2) is 9.59 Å². The molecule has 0 heterocycles. The first-order valence-electron chi connectivity index (χ1n) is 13.5. The maximum absolute atomic E-state index is 13.6. The van der Waals surface area contributed by atoms with Crippen LogP contribution in [-0.4, -0.2) is 42.8 Å². The molecule has 4 rings (SSSR count). The lowest BCUT2D eigenvalue weighted by atomic mass is 10.0. The number of carbonyl (C=O) groups excluding carboxylic acids is 3. The van der Waals surface area contributed by atoms with Gasteiger partial charge in [0.05, 0.1) is 0 Å². The number of alkyl carbamates (subject to hydrolysis) is 2. The summed E-state index contributed by atoms with van der Waals surface area (Å²) in [6.45, 7) is 5.62. The molecule has 0 aromatic heterocycles. The van der Waals surface area contributed by atoms with Gasteiger partial charge in [-0.1, -0.05) is 72.8 Å². The van der Waals surface area contributed by atoms with Gasteiger partial charge in [-0.15, -0.1) is 0 Å². The molecule has 3 aromatic rings. The van der Waals surface area contributed by atoms with E-state index in [1.54, 1.807) is 7.05 Å². The van der Waals surface area contributed by atoms with E-state index in [9.17, 15) is 14.4 Å². The van der Waals surface area contributed by atoms with Crippen molar-refractivity contribution in [2.45, 2.75) is 63.8 Å². The largest absolute Gasteiger partial charge is 0.445 e. The molecule has 1 saturated carbocycles. The summed E-state index contributed by atoms with van der Waals surface area (Å²) in [6.07, 6.45) is 0.0878. The van der Waals surface area contributed by atoms with Gasteiger partial charge in [0, 0.05) is 31.1 Å². The van der Waals surface area contributed by atoms with Crippen molar-refractivity contribution in [3.63, 3.8) is 0 Å². The fraction of sp³-hybridized carbons (Fsp3) is 0.344.